The minimum atomic E-state index is 0.595. The third-order valence-electron chi connectivity index (χ3n) is 3.80. The lowest BCUT2D eigenvalue weighted by molar-refractivity contribution is 0.0252. The minimum absolute atomic E-state index is 0.595. The van der Waals surface area contributed by atoms with Gasteiger partial charge in [0, 0.05) is 31.3 Å². The van der Waals surface area contributed by atoms with Crippen LogP contribution in [0.5, 0.6) is 0 Å². The summed E-state index contributed by atoms with van der Waals surface area (Å²) in [6.07, 6.45) is 3.55. The fourth-order valence-electron chi connectivity index (χ4n) is 2.50. The summed E-state index contributed by atoms with van der Waals surface area (Å²) in [5.41, 5.74) is 0. The van der Waals surface area contributed by atoms with Crippen LogP contribution in [0.4, 0.5) is 0 Å². The molecule has 0 spiro atoms. The van der Waals surface area contributed by atoms with Gasteiger partial charge in [0.2, 0.25) is 0 Å². The Labute approximate surface area is 94.2 Å². The van der Waals surface area contributed by atoms with Crippen LogP contribution in [0.2, 0.25) is 0 Å². The Kier molecular flexibility index (Phi) is 5.58. The number of hydrogen-bond donors (Lipinski definition) is 1. The second-order valence-corrected chi connectivity index (χ2v) is 4.55. The third-order valence-corrected chi connectivity index (χ3v) is 3.80. The van der Waals surface area contributed by atoms with Crippen molar-refractivity contribution >= 4 is 0 Å². The number of hydrogen-bond acceptors (Lipinski definition) is 3. The summed E-state index contributed by atoms with van der Waals surface area (Å²) in [7, 11) is 4.31. The van der Waals surface area contributed by atoms with Gasteiger partial charge in [-0.2, -0.15) is 0 Å². The second kappa shape index (κ2) is 6.46. The summed E-state index contributed by atoms with van der Waals surface area (Å²) >= 11 is 0. The summed E-state index contributed by atoms with van der Waals surface area (Å²) in [5.74, 6) is 0. The van der Waals surface area contributed by atoms with Crippen LogP contribution in [-0.2, 0) is 4.74 Å². The maximum absolute atomic E-state index is 5.40. The zero-order valence-electron chi connectivity index (χ0n) is 10.6. The van der Waals surface area contributed by atoms with E-state index in [0.717, 1.165) is 13.2 Å². The molecule has 3 nitrogen and oxygen atoms in total. The fraction of sp³-hybridized carbons (Fsp3) is 1.00. The molecule has 90 valence electrons. The second-order valence-electron chi connectivity index (χ2n) is 4.55. The smallest absolute Gasteiger partial charge is 0.0480 e. The largest absolute Gasteiger partial charge is 0.381 e. The van der Waals surface area contributed by atoms with Crippen LogP contribution < -0.4 is 5.32 Å². The molecule has 0 saturated carbocycles. The highest BCUT2D eigenvalue weighted by atomic mass is 16.5. The van der Waals surface area contributed by atoms with Gasteiger partial charge >= 0.3 is 0 Å². The van der Waals surface area contributed by atoms with Gasteiger partial charge in [0.05, 0.1) is 0 Å². The first kappa shape index (κ1) is 12.9. The zero-order valence-corrected chi connectivity index (χ0v) is 10.6. The van der Waals surface area contributed by atoms with Gasteiger partial charge in [0.15, 0.2) is 0 Å². The van der Waals surface area contributed by atoms with E-state index in [2.05, 4.69) is 38.2 Å². The van der Waals surface area contributed by atoms with Gasteiger partial charge in [-0.15, -0.1) is 0 Å². The Bertz CT molecular complexity index is 165. The van der Waals surface area contributed by atoms with Gasteiger partial charge in [-0.1, -0.05) is 6.92 Å². The van der Waals surface area contributed by atoms with Gasteiger partial charge in [-0.05, 0) is 40.3 Å². The molecule has 3 heteroatoms. The number of rotatable bonds is 5. The van der Waals surface area contributed by atoms with E-state index >= 15 is 0 Å². The van der Waals surface area contributed by atoms with E-state index < -0.39 is 0 Å². The summed E-state index contributed by atoms with van der Waals surface area (Å²) in [5, 5.41) is 3.40. The van der Waals surface area contributed by atoms with E-state index in [1.54, 1.807) is 0 Å². The summed E-state index contributed by atoms with van der Waals surface area (Å²) < 4.78 is 5.40. The molecular weight excluding hydrogens is 188 g/mol. The number of ether oxygens (including phenoxy) is 1. The van der Waals surface area contributed by atoms with E-state index in [-0.39, 0.29) is 0 Å². The van der Waals surface area contributed by atoms with Crippen molar-refractivity contribution in [1.29, 1.82) is 0 Å². The molecule has 0 amide bonds. The Morgan fingerprint density at radius 1 is 1.40 bits per heavy atom. The lowest BCUT2D eigenvalue weighted by atomic mass is 10.0. The zero-order chi connectivity index (χ0) is 11.3. The van der Waals surface area contributed by atoms with Gasteiger partial charge in [0.1, 0.15) is 0 Å². The van der Waals surface area contributed by atoms with E-state index in [4.69, 9.17) is 4.74 Å². The topological polar surface area (TPSA) is 24.5 Å². The minimum Gasteiger partial charge on any atom is -0.381 e. The molecule has 2 atom stereocenters. The van der Waals surface area contributed by atoms with Crippen molar-refractivity contribution in [3.05, 3.63) is 0 Å². The van der Waals surface area contributed by atoms with Crippen LogP contribution in [-0.4, -0.2) is 50.3 Å². The molecule has 0 bridgehead atoms. The van der Waals surface area contributed by atoms with E-state index in [1.165, 1.54) is 19.3 Å². The highest BCUT2D eigenvalue weighted by Gasteiger charge is 2.25. The highest BCUT2D eigenvalue weighted by molar-refractivity contribution is 4.83. The lowest BCUT2D eigenvalue weighted by Gasteiger charge is -2.38. The van der Waals surface area contributed by atoms with Crippen molar-refractivity contribution < 1.29 is 4.74 Å². The molecule has 1 saturated heterocycles. The maximum Gasteiger partial charge on any atom is 0.0480 e. The molecule has 1 N–H and O–H groups in total. The first-order valence-electron chi connectivity index (χ1n) is 6.17. The Hall–Kier alpha value is -0.120. The third kappa shape index (κ3) is 3.44. The van der Waals surface area contributed by atoms with Crippen molar-refractivity contribution in [3.8, 4) is 0 Å². The lowest BCUT2D eigenvalue weighted by Crippen LogP contribution is -2.50. The average Bonchev–Trinajstić information content (AvgIpc) is 2.30. The van der Waals surface area contributed by atoms with Gasteiger partial charge in [-0.3, -0.25) is 4.90 Å². The van der Waals surface area contributed by atoms with Crippen LogP contribution >= 0.6 is 0 Å². The number of nitrogens with zero attached hydrogens (tertiary/aromatic N) is 1. The quantitative estimate of drug-likeness (QED) is 0.750. The molecule has 1 heterocycles. The standard InChI is InChI=1S/C12H26N2O/c1-5-12(13-3)10(2)14(4)11-6-8-15-9-7-11/h10-13H,5-9H2,1-4H3. The SMILES string of the molecule is CCC(NC)C(C)N(C)C1CCOCC1. The van der Waals surface area contributed by atoms with Crippen molar-refractivity contribution in [3.63, 3.8) is 0 Å². The molecule has 1 rings (SSSR count). The van der Waals surface area contributed by atoms with Crippen LogP contribution in [0, 0.1) is 0 Å². The molecule has 15 heavy (non-hydrogen) atoms. The molecule has 2 unspecified atom stereocenters. The summed E-state index contributed by atoms with van der Waals surface area (Å²) in [6.45, 7) is 6.42. The molecule has 0 aromatic carbocycles. The monoisotopic (exact) mass is 214 g/mol. The Morgan fingerprint density at radius 3 is 2.47 bits per heavy atom. The van der Waals surface area contributed by atoms with E-state index in [1.807, 2.05) is 0 Å². The van der Waals surface area contributed by atoms with Gasteiger partial charge in [-0.25, -0.2) is 0 Å². The predicted octanol–water partition coefficient (Wildman–Crippen LogP) is 1.48. The molecule has 0 radical (unpaired) electrons. The fourth-order valence-corrected chi connectivity index (χ4v) is 2.50. The Balaban J connectivity index is 2.45. The summed E-state index contributed by atoms with van der Waals surface area (Å²) in [6, 6.07) is 1.90. The maximum atomic E-state index is 5.40. The van der Waals surface area contributed by atoms with Crippen molar-refractivity contribution in [1.82, 2.24) is 10.2 Å². The normalized spacial score (nSPS) is 23.0. The predicted molar refractivity (Wildman–Crippen MR) is 64.2 cm³/mol. The van der Waals surface area contributed by atoms with E-state index in [9.17, 15) is 0 Å². The van der Waals surface area contributed by atoms with Crippen LogP contribution in [0.3, 0.4) is 0 Å². The number of nitrogens with one attached hydrogen (secondary N) is 1. The highest BCUT2D eigenvalue weighted by Crippen LogP contribution is 2.17. The van der Waals surface area contributed by atoms with E-state index in [0.29, 0.717) is 18.1 Å². The Morgan fingerprint density at radius 2 is 2.00 bits per heavy atom. The first-order chi connectivity index (χ1) is 7.20. The number of likely N-dealkylation sites (N-methyl/N-ethyl adjacent to an activating group) is 2. The van der Waals surface area contributed by atoms with Gasteiger partial charge in [0.25, 0.3) is 0 Å². The molecule has 0 aromatic rings. The summed E-state index contributed by atoms with van der Waals surface area (Å²) in [4.78, 5) is 2.52. The molecule has 1 fully saturated rings. The van der Waals surface area contributed by atoms with Crippen molar-refractivity contribution in [2.24, 2.45) is 0 Å². The molecular formula is C12H26N2O. The first-order valence-corrected chi connectivity index (χ1v) is 6.17. The molecule has 0 aromatic heterocycles. The molecule has 1 aliphatic heterocycles. The van der Waals surface area contributed by atoms with Crippen molar-refractivity contribution in [2.75, 3.05) is 27.3 Å². The van der Waals surface area contributed by atoms with Crippen LogP contribution in [0.25, 0.3) is 0 Å². The van der Waals surface area contributed by atoms with Crippen molar-refractivity contribution in [2.45, 2.75) is 51.2 Å². The molecule has 1 aliphatic rings. The van der Waals surface area contributed by atoms with Crippen LogP contribution in [0.15, 0.2) is 0 Å². The molecule has 0 aliphatic carbocycles. The van der Waals surface area contributed by atoms with Gasteiger partial charge < -0.3 is 10.1 Å². The van der Waals surface area contributed by atoms with Crippen LogP contribution in [0.1, 0.15) is 33.1 Å². The average molecular weight is 214 g/mol.